The molecule has 0 saturated carbocycles. The fourth-order valence-electron chi connectivity index (χ4n) is 4.21. The minimum Gasteiger partial charge on any atom is -0.381 e. The highest BCUT2D eigenvalue weighted by molar-refractivity contribution is 5.90. The van der Waals surface area contributed by atoms with Gasteiger partial charge in [0.1, 0.15) is 0 Å². The van der Waals surface area contributed by atoms with Crippen LogP contribution in [0.3, 0.4) is 0 Å². The molecule has 7 nitrogen and oxygen atoms in total. The maximum atomic E-state index is 12.2. The smallest absolute Gasteiger partial charge is 0.289 e. The number of ether oxygens (including phenoxy) is 1. The van der Waals surface area contributed by atoms with Gasteiger partial charge in [-0.15, -0.1) is 0 Å². The standard InChI is InChI=1S/C20H33N5O2/c1-16(2)24-11-4-17(5-12-24)25(18-6-14-27-15-7-18)13-10-23-20(26)19-21-8-3-9-22-19/h3,8-9,16-18H,4-7,10-15H2,1-2H3,(H,23,26). The number of amides is 1. The summed E-state index contributed by atoms with van der Waals surface area (Å²) in [6, 6.07) is 3.48. The summed E-state index contributed by atoms with van der Waals surface area (Å²) in [4.78, 5) is 25.5. The lowest BCUT2D eigenvalue weighted by atomic mass is 9.97. The van der Waals surface area contributed by atoms with Gasteiger partial charge in [-0.3, -0.25) is 9.69 Å². The fourth-order valence-corrected chi connectivity index (χ4v) is 4.21. The van der Waals surface area contributed by atoms with Crippen LogP contribution in [0.5, 0.6) is 0 Å². The third-order valence-corrected chi connectivity index (χ3v) is 5.78. The quantitative estimate of drug-likeness (QED) is 0.780. The Morgan fingerprint density at radius 3 is 2.44 bits per heavy atom. The number of hydrogen-bond donors (Lipinski definition) is 1. The number of likely N-dealkylation sites (tertiary alicyclic amines) is 1. The van der Waals surface area contributed by atoms with Gasteiger partial charge in [0.05, 0.1) is 0 Å². The number of carbonyl (C=O) groups excluding carboxylic acids is 1. The lowest BCUT2D eigenvalue weighted by molar-refractivity contribution is 0.0000131. The van der Waals surface area contributed by atoms with Crippen molar-refractivity contribution in [2.24, 2.45) is 0 Å². The number of aromatic nitrogens is 2. The van der Waals surface area contributed by atoms with Gasteiger partial charge >= 0.3 is 0 Å². The molecule has 1 aromatic rings. The van der Waals surface area contributed by atoms with Crippen molar-refractivity contribution in [1.82, 2.24) is 25.1 Å². The van der Waals surface area contributed by atoms with Crippen molar-refractivity contribution in [2.45, 2.75) is 57.7 Å². The number of piperidine rings is 1. The molecule has 0 radical (unpaired) electrons. The van der Waals surface area contributed by atoms with Crippen LogP contribution in [0.4, 0.5) is 0 Å². The van der Waals surface area contributed by atoms with Gasteiger partial charge in [0.15, 0.2) is 0 Å². The molecule has 0 unspecified atom stereocenters. The highest BCUT2D eigenvalue weighted by atomic mass is 16.5. The molecule has 0 aliphatic carbocycles. The maximum absolute atomic E-state index is 12.2. The molecule has 2 saturated heterocycles. The molecule has 2 fully saturated rings. The lowest BCUT2D eigenvalue weighted by Gasteiger charge is -2.44. The van der Waals surface area contributed by atoms with Crippen molar-refractivity contribution in [2.75, 3.05) is 39.4 Å². The van der Waals surface area contributed by atoms with Gasteiger partial charge < -0.3 is 15.0 Å². The predicted octanol–water partition coefficient (Wildman–Crippen LogP) is 1.56. The van der Waals surface area contributed by atoms with E-state index in [0.29, 0.717) is 24.7 Å². The molecule has 0 spiro atoms. The lowest BCUT2D eigenvalue weighted by Crippen LogP contribution is -2.53. The van der Waals surface area contributed by atoms with Crippen LogP contribution in [-0.4, -0.2) is 83.2 Å². The third-order valence-electron chi connectivity index (χ3n) is 5.78. The minimum atomic E-state index is -0.197. The second kappa shape index (κ2) is 10.1. The van der Waals surface area contributed by atoms with Gasteiger partial charge in [0.2, 0.25) is 5.82 Å². The van der Waals surface area contributed by atoms with E-state index in [1.54, 1.807) is 18.5 Å². The van der Waals surface area contributed by atoms with E-state index < -0.39 is 0 Å². The van der Waals surface area contributed by atoms with Crippen molar-refractivity contribution in [3.05, 3.63) is 24.3 Å². The van der Waals surface area contributed by atoms with Crippen LogP contribution in [-0.2, 0) is 4.74 Å². The largest absolute Gasteiger partial charge is 0.381 e. The summed E-state index contributed by atoms with van der Waals surface area (Å²) in [6.45, 7) is 10.1. The first kappa shape index (κ1) is 20.2. The van der Waals surface area contributed by atoms with Crippen LogP contribution in [0.15, 0.2) is 18.5 Å². The minimum absolute atomic E-state index is 0.197. The molecule has 0 aromatic carbocycles. The monoisotopic (exact) mass is 375 g/mol. The van der Waals surface area contributed by atoms with Crippen molar-refractivity contribution in [3.8, 4) is 0 Å². The number of rotatable bonds is 7. The van der Waals surface area contributed by atoms with E-state index in [0.717, 1.165) is 45.7 Å². The summed E-state index contributed by atoms with van der Waals surface area (Å²) >= 11 is 0. The zero-order valence-corrected chi connectivity index (χ0v) is 16.6. The Bertz CT molecular complexity index is 569. The maximum Gasteiger partial charge on any atom is 0.289 e. The number of nitrogens with zero attached hydrogens (tertiary/aromatic N) is 4. The highest BCUT2D eigenvalue weighted by Gasteiger charge is 2.31. The van der Waals surface area contributed by atoms with Crippen molar-refractivity contribution >= 4 is 5.91 Å². The van der Waals surface area contributed by atoms with Crippen LogP contribution >= 0.6 is 0 Å². The normalized spacial score (nSPS) is 20.3. The summed E-state index contributed by atoms with van der Waals surface area (Å²) in [7, 11) is 0. The van der Waals surface area contributed by atoms with Crippen LogP contribution in [0.2, 0.25) is 0 Å². The van der Waals surface area contributed by atoms with Crippen molar-refractivity contribution < 1.29 is 9.53 Å². The van der Waals surface area contributed by atoms with Gasteiger partial charge in [-0.1, -0.05) is 0 Å². The Balaban J connectivity index is 1.55. The Labute approximate surface area is 162 Å². The first-order chi connectivity index (χ1) is 13.1. The summed E-state index contributed by atoms with van der Waals surface area (Å²) in [5, 5.41) is 2.99. The first-order valence-corrected chi connectivity index (χ1v) is 10.3. The molecule has 1 N–H and O–H groups in total. The van der Waals surface area contributed by atoms with E-state index in [-0.39, 0.29) is 11.7 Å². The molecule has 0 atom stereocenters. The Hall–Kier alpha value is -1.57. The van der Waals surface area contributed by atoms with Crippen LogP contribution < -0.4 is 5.32 Å². The van der Waals surface area contributed by atoms with Gasteiger partial charge in [0, 0.05) is 56.8 Å². The summed E-state index contributed by atoms with van der Waals surface area (Å²) < 4.78 is 5.57. The van der Waals surface area contributed by atoms with Gasteiger partial charge in [-0.25, -0.2) is 9.97 Å². The average molecular weight is 376 g/mol. The average Bonchev–Trinajstić information content (AvgIpc) is 2.72. The summed E-state index contributed by atoms with van der Waals surface area (Å²) in [6.07, 6.45) is 7.76. The van der Waals surface area contributed by atoms with E-state index >= 15 is 0 Å². The van der Waals surface area contributed by atoms with Crippen LogP contribution in [0.25, 0.3) is 0 Å². The number of carbonyl (C=O) groups is 1. The fraction of sp³-hybridized carbons (Fsp3) is 0.750. The SMILES string of the molecule is CC(C)N1CCC(N(CCNC(=O)c2ncccn2)C2CCOCC2)CC1. The zero-order valence-electron chi connectivity index (χ0n) is 16.6. The third kappa shape index (κ3) is 5.70. The van der Waals surface area contributed by atoms with E-state index in [2.05, 4.69) is 38.9 Å². The topological polar surface area (TPSA) is 70.6 Å². The molecule has 150 valence electrons. The van der Waals surface area contributed by atoms with Crippen molar-refractivity contribution in [3.63, 3.8) is 0 Å². The van der Waals surface area contributed by atoms with E-state index in [9.17, 15) is 4.79 Å². The number of nitrogens with one attached hydrogen (secondary N) is 1. The molecular weight excluding hydrogens is 342 g/mol. The Kier molecular flexibility index (Phi) is 7.55. The molecule has 3 rings (SSSR count). The van der Waals surface area contributed by atoms with Gasteiger partial charge in [-0.05, 0) is 58.7 Å². The molecule has 27 heavy (non-hydrogen) atoms. The molecule has 7 heteroatoms. The molecule has 0 bridgehead atoms. The zero-order chi connectivity index (χ0) is 19.1. The van der Waals surface area contributed by atoms with Gasteiger partial charge in [0.25, 0.3) is 5.91 Å². The van der Waals surface area contributed by atoms with E-state index in [1.807, 2.05) is 0 Å². The molecule has 1 aromatic heterocycles. The second-order valence-corrected chi connectivity index (χ2v) is 7.77. The predicted molar refractivity (Wildman–Crippen MR) is 105 cm³/mol. The molecular formula is C20H33N5O2. The Morgan fingerprint density at radius 1 is 1.19 bits per heavy atom. The molecule has 2 aliphatic rings. The van der Waals surface area contributed by atoms with Crippen LogP contribution in [0.1, 0.15) is 50.1 Å². The second-order valence-electron chi connectivity index (χ2n) is 7.77. The van der Waals surface area contributed by atoms with Crippen molar-refractivity contribution in [1.29, 1.82) is 0 Å². The highest BCUT2D eigenvalue weighted by Crippen LogP contribution is 2.24. The number of hydrogen-bond acceptors (Lipinski definition) is 6. The van der Waals surface area contributed by atoms with Crippen LogP contribution in [0, 0.1) is 0 Å². The summed E-state index contributed by atoms with van der Waals surface area (Å²) in [5.74, 6) is 0.0394. The van der Waals surface area contributed by atoms with Gasteiger partial charge in [-0.2, -0.15) is 0 Å². The molecule has 2 aliphatic heterocycles. The molecule has 3 heterocycles. The van der Waals surface area contributed by atoms with E-state index in [4.69, 9.17) is 4.74 Å². The van der Waals surface area contributed by atoms with E-state index in [1.165, 1.54) is 12.8 Å². The molecule has 1 amide bonds. The Morgan fingerprint density at radius 2 is 1.81 bits per heavy atom. The summed E-state index contributed by atoms with van der Waals surface area (Å²) in [5.41, 5.74) is 0. The first-order valence-electron chi connectivity index (χ1n) is 10.3.